The van der Waals surface area contributed by atoms with Gasteiger partial charge in [-0.2, -0.15) is 0 Å². The van der Waals surface area contributed by atoms with Crippen LogP contribution in [0.2, 0.25) is 0 Å². The summed E-state index contributed by atoms with van der Waals surface area (Å²) in [5.74, 6) is -0.188. The maximum absolute atomic E-state index is 14.3. The first-order valence-corrected chi connectivity index (χ1v) is 10.2. The van der Waals surface area contributed by atoms with Crippen LogP contribution in [0, 0.1) is 11.7 Å². The highest BCUT2D eigenvalue weighted by Gasteiger charge is 2.07. The molecular weight excluding hydrogens is 409 g/mol. The summed E-state index contributed by atoms with van der Waals surface area (Å²) in [4.78, 5) is 27.9. The first-order chi connectivity index (χ1) is 15.4. The topological polar surface area (TPSA) is 80.3 Å². The van der Waals surface area contributed by atoms with Crippen molar-refractivity contribution in [2.75, 3.05) is 10.6 Å². The third-order valence-electron chi connectivity index (χ3n) is 4.28. The number of aromatic nitrogens is 1. The fraction of sp³-hybridized carbons (Fsp3) is 0.160. The number of rotatable bonds is 8. The zero-order valence-electron chi connectivity index (χ0n) is 17.8. The van der Waals surface area contributed by atoms with Gasteiger partial charge in [0.2, 0.25) is 11.8 Å². The van der Waals surface area contributed by atoms with E-state index in [-0.39, 0.29) is 23.5 Å². The van der Waals surface area contributed by atoms with Gasteiger partial charge in [0, 0.05) is 30.1 Å². The number of ether oxygens (including phenoxy) is 1. The Morgan fingerprint density at radius 2 is 1.78 bits per heavy atom. The summed E-state index contributed by atoms with van der Waals surface area (Å²) in [6.07, 6.45) is 6.36. The van der Waals surface area contributed by atoms with Crippen LogP contribution in [0.15, 0.2) is 73.1 Å². The number of anilines is 2. The molecule has 2 N–H and O–H groups in total. The molecule has 0 aliphatic heterocycles. The molecule has 3 rings (SSSR count). The summed E-state index contributed by atoms with van der Waals surface area (Å²) in [7, 11) is 0. The molecule has 3 aromatic rings. The molecule has 0 saturated carbocycles. The van der Waals surface area contributed by atoms with Crippen molar-refractivity contribution in [1.82, 2.24) is 4.98 Å². The van der Waals surface area contributed by atoms with Crippen molar-refractivity contribution in [2.45, 2.75) is 20.3 Å². The minimum atomic E-state index is -0.550. The largest absolute Gasteiger partial charge is 0.453 e. The number of halogens is 1. The zero-order chi connectivity index (χ0) is 22.9. The minimum Gasteiger partial charge on any atom is -0.453 e. The van der Waals surface area contributed by atoms with Crippen molar-refractivity contribution < 1.29 is 18.7 Å². The molecule has 1 aromatic heterocycles. The molecule has 6 nitrogen and oxygen atoms in total. The molecule has 0 saturated heterocycles. The van der Waals surface area contributed by atoms with E-state index < -0.39 is 5.82 Å². The normalized spacial score (nSPS) is 10.9. The number of carbonyl (C=O) groups is 2. The molecule has 0 spiro atoms. The molecule has 0 bridgehead atoms. The molecule has 0 fully saturated rings. The number of hydrogen-bond acceptors (Lipinski definition) is 4. The van der Waals surface area contributed by atoms with E-state index in [0.717, 1.165) is 0 Å². The first kappa shape index (κ1) is 22.7. The monoisotopic (exact) mass is 433 g/mol. The van der Waals surface area contributed by atoms with E-state index in [1.165, 1.54) is 30.5 Å². The third kappa shape index (κ3) is 7.05. The number of carbonyl (C=O) groups excluding carboxylic acids is 2. The van der Waals surface area contributed by atoms with Crippen LogP contribution in [0.3, 0.4) is 0 Å². The SMILES string of the molecule is CC(C)CC(=O)Nc1ccc(NC(=O)/C=C/c2ccc(Oc3cccnc3)c(F)c2)cc1. The predicted octanol–water partition coefficient (Wildman–Crippen LogP) is 5.65. The van der Waals surface area contributed by atoms with E-state index in [0.29, 0.717) is 29.1 Å². The van der Waals surface area contributed by atoms with Crippen LogP contribution >= 0.6 is 0 Å². The molecular formula is C25H24FN3O3. The Hall–Kier alpha value is -4.00. The van der Waals surface area contributed by atoms with E-state index in [9.17, 15) is 14.0 Å². The van der Waals surface area contributed by atoms with Crippen molar-refractivity contribution in [2.24, 2.45) is 5.92 Å². The lowest BCUT2D eigenvalue weighted by molar-refractivity contribution is -0.117. The highest BCUT2D eigenvalue weighted by Crippen LogP contribution is 2.25. The van der Waals surface area contributed by atoms with E-state index in [2.05, 4.69) is 15.6 Å². The first-order valence-electron chi connectivity index (χ1n) is 10.2. The molecule has 0 aliphatic rings. The summed E-state index contributed by atoms with van der Waals surface area (Å²) < 4.78 is 19.7. The van der Waals surface area contributed by atoms with Crippen molar-refractivity contribution in [3.8, 4) is 11.5 Å². The van der Waals surface area contributed by atoms with Gasteiger partial charge in [-0.1, -0.05) is 19.9 Å². The van der Waals surface area contributed by atoms with Gasteiger partial charge in [0.1, 0.15) is 5.75 Å². The Labute approximate surface area is 186 Å². The number of nitrogens with zero attached hydrogens (tertiary/aromatic N) is 1. The maximum Gasteiger partial charge on any atom is 0.248 e. The Balaban J connectivity index is 1.55. The lowest BCUT2D eigenvalue weighted by Gasteiger charge is -2.08. The summed E-state index contributed by atoms with van der Waals surface area (Å²) >= 11 is 0. The highest BCUT2D eigenvalue weighted by atomic mass is 19.1. The summed E-state index contributed by atoms with van der Waals surface area (Å²) in [6, 6.07) is 14.6. The third-order valence-corrected chi connectivity index (χ3v) is 4.28. The van der Waals surface area contributed by atoms with Gasteiger partial charge in [-0.15, -0.1) is 0 Å². The second kappa shape index (κ2) is 10.9. The molecule has 7 heteroatoms. The van der Waals surface area contributed by atoms with E-state index in [1.54, 1.807) is 48.7 Å². The lowest BCUT2D eigenvalue weighted by atomic mass is 10.1. The maximum atomic E-state index is 14.3. The van der Waals surface area contributed by atoms with Gasteiger partial charge in [-0.3, -0.25) is 14.6 Å². The van der Waals surface area contributed by atoms with Gasteiger partial charge in [0.25, 0.3) is 0 Å². The van der Waals surface area contributed by atoms with Gasteiger partial charge in [0.15, 0.2) is 11.6 Å². The molecule has 2 aromatic carbocycles. The van der Waals surface area contributed by atoms with Gasteiger partial charge in [0.05, 0.1) is 6.20 Å². The Bertz CT molecular complexity index is 1100. The lowest BCUT2D eigenvalue weighted by Crippen LogP contribution is -2.14. The van der Waals surface area contributed by atoms with Crippen molar-refractivity contribution in [3.05, 3.63) is 84.4 Å². The van der Waals surface area contributed by atoms with Crippen LogP contribution in [0.25, 0.3) is 6.08 Å². The van der Waals surface area contributed by atoms with Crippen LogP contribution in [-0.4, -0.2) is 16.8 Å². The quantitative estimate of drug-likeness (QED) is 0.450. The van der Waals surface area contributed by atoms with Gasteiger partial charge in [-0.05, 0) is 66.1 Å². The second-order valence-corrected chi connectivity index (χ2v) is 7.53. The van der Waals surface area contributed by atoms with E-state index in [1.807, 2.05) is 13.8 Å². The van der Waals surface area contributed by atoms with Crippen molar-refractivity contribution in [1.29, 1.82) is 0 Å². The standard InChI is InChI=1S/C25H24FN3O3/c1-17(2)14-25(31)29-20-9-7-19(8-10-20)28-24(30)12-6-18-5-11-23(22(26)15-18)32-21-4-3-13-27-16-21/h3-13,15-17H,14H2,1-2H3,(H,28,30)(H,29,31)/b12-6+. The van der Waals surface area contributed by atoms with Gasteiger partial charge < -0.3 is 15.4 Å². The molecule has 0 unspecified atom stereocenters. The van der Waals surface area contributed by atoms with Crippen LogP contribution < -0.4 is 15.4 Å². The smallest absolute Gasteiger partial charge is 0.248 e. The van der Waals surface area contributed by atoms with E-state index >= 15 is 0 Å². The fourth-order valence-electron chi connectivity index (χ4n) is 2.81. The number of hydrogen-bond donors (Lipinski definition) is 2. The molecule has 32 heavy (non-hydrogen) atoms. The average molecular weight is 433 g/mol. The number of benzene rings is 2. The van der Waals surface area contributed by atoms with Crippen LogP contribution in [0.1, 0.15) is 25.8 Å². The molecule has 0 radical (unpaired) electrons. The molecule has 164 valence electrons. The Morgan fingerprint density at radius 1 is 1.06 bits per heavy atom. The highest BCUT2D eigenvalue weighted by molar-refractivity contribution is 6.02. The van der Waals surface area contributed by atoms with Crippen molar-refractivity contribution >= 4 is 29.3 Å². The second-order valence-electron chi connectivity index (χ2n) is 7.53. The summed E-state index contributed by atoms with van der Waals surface area (Å²) in [5, 5.41) is 5.53. The average Bonchev–Trinajstić information content (AvgIpc) is 2.75. The molecule has 1 heterocycles. The van der Waals surface area contributed by atoms with Gasteiger partial charge in [-0.25, -0.2) is 4.39 Å². The zero-order valence-corrected chi connectivity index (χ0v) is 17.8. The van der Waals surface area contributed by atoms with Crippen LogP contribution in [0.5, 0.6) is 11.5 Å². The predicted molar refractivity (Wildman–Crippen MR) is 123 cm³/mol. The summed E-state index contributed by atoms with van der Waals surface area (Å²) in [6.45, 7) is 3.95. The number of amides is 2. The van der Waals surface area contributed by atoms with E-state index in [4.69, 9.17) is 4.74 Å². The van der Waals surface area contributed by atoms with Gasteiger partial charge >= 0.3 is 0 Å². The summed E-state index contributed by atoms with van der Waals surface area (Å²) in [5.41, 5.74) is 1.75. The number of pyridine rings is 1. The van der Waals surface area contributed by atoms with Crippen molar-refractivity contribution in [3.63, 3.8) is 0 Å². The molecule has 0 aliphatic carbocycles. The fourth-order valence-corrected chi connectivity index (χ4v) is 2.81. The Kier molecular flexibility index (Phi) is 7.70. The Morgan fingerprint density at radius 3 is 2.41 bits per heavy atom. The minimum absolute atomic E-state index is 0.0520. The molecule has 2 amide bonds. The number of nitrogens with one attached hydrogen (secondary N) is 2. The van der Waals surface area contributed by atoms with Crippen LogP contribution in [0.4, 0.5) is 15.8 Å². The molecule has 0 atom stereocenters. The van der Waals surface area contributed by atoms with Crippen LogP contribution in [-0.2, 0) is 9.59 Å².